The van der Waals surface area contributed by atoms with E-state index in [1.807, 2.05) is 0 Å². The Morgan fingerprint density at radius 3 is 2.27 bits per heavy atom. The largest absolute Gasteiger partial charge is 0.444 e. The molecule has 4 nitrogen and oxygen atoms in total. The summed E-state index contributed by atoms with van der Waals surface area (Å²) < 4.78 is 5.01. The van der Waals surface area contributed by atoms with Gasteiger partial charge in [0.2, 0.25) is 0 Å². The van der Waals surface area contributed by atoms with Crippen molar-refractivity contribution in [3.05, 3.63) is 0 Å². The smallest absolute Gasteiger partial charge is 0.409 e. The zero-order chi connectivity index (χ0) is 12.1. The van der Waals surface area contributed by atoms with Gasteiger partial charge in [0, 0.05) is 0 Å². The number of hydrogen-bond donors (Lipinski definition) is 2. The molecule has 1 amide bonds. The Hall–Kier alpha value is -0.770. The molecule has 0 aromatic carbocycles. The van der Waals surface area contributed by atoms with Crippen molar-refractivity contribution in [2.45, 2.75) is 59.3 Å². The summed E-state index contributed by atoms with van der Waals surface area (Å²) in [4.78, 5) is 11.2. The van der Waals surface area contributed by atoms with Crippen molar-refractivity contribution in [2.24, 2.45) is 5.92 Å². The first kappa shape index (κ1) is 14.2. The third kappa shape index (κ3) is 9.53. The average Bonchev–Trinajstić information content (AvgIpc) is 1.96. The molecular weight excluding hydrogens is 194 g/mol. The van der Waals surface area contributed by atoms with E-state index in [-0.39, 0.29) is 0 Å². The fraction of sp³-hybridized carbons (Fsp3) is 0.909. The third-order valence-corrected chi connectivity index (χ3v) is 1.70. The molecule has 0 bridgehead atoms. The summed E-state index contributed by atoms with van der Waals surface area (Å²) >= 11 is 0. The monoisotopic (exact) mass is 217 g/mol. The summed E-state index contributed by atoms with van der Waals surface area (Å²) in [5, 5.41) is 11.8. The first-order valence-corrected chi connectivity index (χ1v) is 5.38. The van der Waals surface area contributed by atoms with Gasteiger partial charge in [-0.3, -0.25) is 5.32 Å². The van der Waals surface area contributed by atoms with Crippen LogP contribution in [-0.4, -0.2) is 23.0 Å². The second kappa shape index (κ2) is 5.95. The number of ether oxygens (including phenoxy) is 1. The van der Waals surface area contributed by atoms with Gasteiger partial charge in [-0.1, -0.05) is 13.8 Å². The van der Waals surface area contributed by atoms with E-state index in [1.54, 1.807) is 20.8 Å². The Morgan fingerprint density at radius 1 is 1.33 bits per heavy atom. The maximum atomic E-state index is 11.2. The maximum Gasteiger partial charge on any atom is 0.409 e. The van der Waals surface area contributed by atoms with Gasteiger partial charge in [0.25, 0.3) is 0 Å². The van der Waals surface area contributed by atoms with E-state index in [0.29, 0.717) is 12.3 Å². The normalized spacial score (nSPS) is 13.8. The lowest BCUT2D eigenvalue weighted by molar-refractivity contribution is 0.0336. The molecule has 0 aromatic heterocycles. The van der Waals surface area contributed by atoms with Crippen molar-refractivity contribution in [2.75, 3.05) is 0 Å². The van der Waals surface area contributed by atoms with Crippen molar-refractivity contribution >= 4 is 6.09 Å². The molecule has 0 rings (SSSR count). The van der Waals surface area contributed by atoms with Crippen LogP contribution in [0.5, 0.6) is 0 Å². The lowest BCUT2D eigenvalue weighted by atomic mass is 10.1. The Morgan fingerprint density at radius 2 is 1.87 bits per heavy atom. The minimum Gasteiger partial charge on any atom is -0.444 e. The molecule has 90 valence electrons. The van der Waals surface area contributed by atoms with Crippen molar-refractivity contribution < 1.29 is 14.6 Å². The molecule has 0 aliphatic carbocycles. The molecule has 0 spiro atoms. The molecule has 0 heterocycles. The summed E-state index contributed by atoms with van der Waals surface area (Å²) in [5.41, 5.74) is -0.526. The quantitative estimate of drug-likeness (QED) is 0.710. The first-order valence-electron chi connectivity index (χ1n) is 5.38. The predicted octanol–water partition coefficient (Wildman–Crippen LogP) is 2.27. The predicted molar refractivity (Wildman–Crippen MR) is 59.4 cm³/mol. The van der Waals surface area contributed by atoms with Crippen LogP contribution >= 0.6 is 0 Å². The second-order valence-corrected chi connectivity index (χ2v) is 5.13. The Labute approximate surface area is 92.0 Å². The molecule has 4 heteroatoms. The van der Waals surface area contributed by atoms with E-state index < -0.39 is 17.9 Å². The summed E-state index contributed by atoms with van der Waals surface area (Å²) in [6, 6.07) is 0. The molecule has 0 saturated heterocycles. The summed E-state index contributed by atoms with van der Waals surface area (Å²) in [6.07, 6.45) is 0.0365. The highest BCUT2D eigenvalue weighted by atomic mass is 16.6. The van der Waals surface area contributed by atoms with Crippen molar-refractivity contribution in [1.29, 1.82) is 0 Å². The summed E-state index contributed by atoms with van der Waals surface area (Å²) in [7, 11) is 0. The highest BCUT2D eigenvalue weighted by molar-refractivity contribution is 5.67. The highest BCUT2D eigenvalue weighted by Gasteiger charge is 2.18. The van der Waals surface area contributed by atoms with Crippen LogP contribution in [0.15, 0.2) is 0 Å². The van der Waals surface area contributed by atoms with Gasteiger partial charge in [0.1, 0.15) is 11.8 Å². The first-order chi connectivity index (χ1) is 6.70. The number of hydrogen-bond acceptors (Lipinski definition) is 3. The number of amides is 1. The third-order valence-electron chi connectivity index (χ3n) is 1.70. The van der Waals surface area contributed by atoms with E-state index in [1.165, 1.54) is 0 Å². The summed E-state index contributed by atoms with van der Waals surface area (Å²) in [5.74, 6) is 0.514. The molecule has 0 radical (unpaired) electrons. The zero-order valence-corrected chi connectivity index (χ0v) is 10.3. The number of aliphatic hydroxyl groups excluding tert-OH is 1. The molecule has 0 aliphatic rings. The van der Waals surface area contributed by atoms with Gasteiger partial charge in [-0.05, 0) is 39.5 Å². The molecule has 2 N–H and O–H groups in total. The number of nitrogens with one attached hydrogen (secondary N) is 1. The van der Waals surface area contributed by atoms with Gasteiger partial charge < -0.3 is 9.84 Å². The van der Waals surface area contributed by atoms with E-state index in [0.717, 1.165) is 6.42 Å². The molecule has 1 atom stereocenters. The minimum atomic E-state index is -0.817. The number of aliphatic hydroxyl groups is 1. The molecule has 0 saturated carbocycles. The standard InChI is InChI=1S/C11H23NO3/c1-8(2)6-7-9(13)12-10(14)15-11(3,4)5/h8-9,13H,6-7H2,1-5H3,(H,12,14)/t9-/m0/s1. The van der Waals surface area contributed by atoms with Gasteiger partial charge in [-0.2, -0.15) is 0 Å². The molecule has 0 fully saturated rings. The number of alkyl carbamates (subject to hydrolysis) is 1. The van der Waals surface area contributed by atoms with Crippen LogP contribution in [-0.2, 0) is 4.74 Å². The van der Waals surface area contributed by atoms with Gasteiger partial charge in [-0.15, -0.1) is 0 Å². The molecule has 15 heavy (non-hydrogen) atoms. The molecule has 0 unspecified atom stereocenters. The Bertz CT molecular complexity index is 196. The summed E-state index contributed by atoms with van der Waals surface area (Å²) in [6.45, 7) is 9.49. The molecule has 0 aliphatic heterocycles. The van der Waals surface area contributed by atoms with Crippen LogP contribution in [0.4, 0.5) is 4.79 Å². The SMILES string of the molecule is CC(C)CC[C@H](O)NC(=O)OC(C)(C)C. The van der Waals surface area contributed by atoms with Crippen molar-refractivity contribution in [3.8, 4) is 0 Å². The van der Waals surface area contributed by atoms with E-state index in [9.17, 15) is 9.90 Å². The van der Waals surface area contributed by atoms with Gasteiger partial charge in [-0.25, -0.2) is 4.79 Å². The number of rotatable bonds is 4. The topological polar surface area (TPSA) is 58.6 Å². The van der Waals surface area contributed by atoms with Crippen LogP contribution in [0.25, 0.3) is 0 Å². The van der Waals surface area contributed by atoms with Crippen molar-refractivity contribution in [1.82, 2.24) is 5.32 Å². The Kier molecular flexibility index (Phi) is 5.65. The zero-order valence-electron chi connectivity index (χ0n) is 10.3. The lowest BCUT2D eigenvalue weighted by Crippen LogP contribution is -2.39. The van der Waals surface area contributed by atoms with E-state index in [4.69, 9.17) is 4.74 Å². The maximum absolute atomic E-state index is 11.2. The second-order valence-electron chi connectivity index (χ2n) is 5.13. The van der Waals surface area contributed by atoms with Crippen LogP contribution in [0.3, 0.4) is 0 Å². The Balaban J connectivity index is 3.77. The number of carbonyl (C=O) groups excluding carboxylic acids is 1. The van der Waals surface area contributed by atoms with Crippen LogP contribution in [0, 0.1) is 5.92 Å². The van der Waals surface area contributed by atoms with E-state index >= 15 is 0 Å². The van der Waals surface area contributed by atoms with Gasteiger partial charge >= 0.3 is 6.09 Å². The van der Waals surface area contributed by atoms with E-state index in [2.05, 4.69) is 19.2 Å². The van der Waals surface area contributed by atoms with Crippen LogP contribution in [0.1, 0.15) is 47.5 Å². The van der Waals surface area contributed by atoms with Crippen LogP contribution in [0.2, 0.25) is 0 Å². The van der Waals surface area contributed by atoms with Crippen molar-refractivity contribution in [3.63, 3.8) is 0 Å². The fourth-order valence-electron chi connectivity index (χ4n) is 1.01. The molecular formula is C11H23NO3. The molecule has 0 aromatic rings. The fourth-order valence-corrected chi connectivity index (χ4v) is 1.01. The highest BCUT2D eigenvalue weighted by Crippen LogP contribution is 2.08. The lowest BCUT2D eigenvalue weighted by Gasteiger charge is -2.21. The van der Waals surface area contributed by atoms with Gasteiger partial charge in [0.15, 0.2) is 0 Å². The minimum absolute atomic E-state index is 0.514. The average molecular weight is 217 g/mol. The van der Waals surface area contributed by atoms with Gasteiger partial charge in [0.05, 0.1) is 0 Å². The van der Waals surface area contributed by atoms with Crippen LogP contribution < -0.4 is 5.32 Å². The number of carbonyl (C=O) groups is 1.